The molecule has 4 fully saturated rings. The van der Waals surface area contributed by atoms with Gasteiger partial charge in [0.15, 0.2) is 17.5 Å². The molecule has 4 nitrogen and oxygen atoms in total. The Morgan fingerprint density at radius 2 is 0.797 bits per heavy atom. The summed E-state index contributed by atoms with van der Waals surface area (Å²) in [7, 11) is 0. The van der Waals surface area contributed by atoms with Crippen LogP contribution in [0.4, 0.5) is 0 Å². The van der Waals surface area contributed by atoms with Gasteiger partial charge in [0.1, 0.15) is 0 Å². The smallest absolute Gasteiger partial charge is 0.164 e. The van der Waals surface area contributed by atoms with E-state index in [1.54, 1.807) is 0 Å². The molecule has 1 heterocycles. The lowest BCUT2D eigenvalue weighted by Crippen LogP contribution is -2.42. The van der Waals surface area contributed by atoms with E-state index in [1.165, 1.54) is 86.5 Å². The van der Waals surface area contributed by atoms with E-state index in [9.17, 15) is 5.26 Å². The Morgan fingerprint density at radius 1 is 0.406 bits per heavy atom. The second kappa shape index (κ2) is 16.3. The summed E-state index contributed by atoms with van der Waals surface area (Å²) in [5, 5.41) is 11.7. The van der Waals surface area contributed by atoms with E-state index in [0.29, 0.717) is 33.9 Å². The highest BCUT2D eigenvalue weighted by Crippen LogP contribution is 2.55. The maximum Gasteiger partial charge on any atom is 0.164 e. The van der Waals surface area contributed by atoms with Crippen LogP contribution in [0.1, 0.15) is 109 Å². The summed E-state index contributed by atoms with van der Waals surface area (Å²) in [6.45, 7) is 9.87. The van der Waals surface area contributed by atoms with Crippen LogP contribution in [-0.4, -0.2) is 15.0 Å². The average molecular weight is 837 g/mol. The predicted octanol–water partition coefficient (Wildman–Crippen LogP) is 15.4. The largest absolute Gasteiger partial charge is 0.208 e. The van der Waals surface area contributed by atoms with Crippen molar-refractivity contribution in [3.8, 4) is 62.5 Å². The van der Waals surface area contributed by atoms with Gasteiger partial charge >= 0.3 is 0 Å². The number of fused-ring (bicyclic) bond motifs is 5. The fourth-order valence-electron chi connectivity index (χ4n) is 14.0. The highest BCUT2D eigenvalue weighted by molar-refractivity contribution is 5.88. The Balaban J connectivity index is 0.951. The molecule has 4 heteroatoms. The molecule has 0 radical (unpaired) electrons. The SMILES string of the molecule is C[C@@H]1CC2C[C@H](C)CC(c3ccc(-c4cccc(-c5nc(-c6cccc(-c7ccc(C89CC(C[C@@H](C)C8)C[C@H](C)C9)cc7)c6)nc(-c6ccc7ccc(C#N)cc7c6)n5)c4)cc3)(C2)C1. The number of nitriles is 1. The molecule has 4 unspecified atom stereocenters. The zero-order valence-corrected chi connectivity index (χ0v) is 38.0. The third-order valence-electron chi connectivity index (χ3n) is 16.0. The Morgan fingerprint density at radius 3 is 1.23 bits per heavy atom. The first-order chi connectivity index (χ1) is 31.1. The lowest BCUT2D eigenvalue weighted by Gasteiger charge is -2.50. The quantitative estimate of drug-likeness (QED) is 0.160. The second-order valence-electron chi connectivity index (χ2n) is 21.4. The lowest BCUT2D eigenvalue weighted by atomic mass is 9.54. The molecule has 0 amide bonds. The first-order valence-corrected chi connectivity index (χ1v) is 24.2. The molecule has 0 spiro atoms. The fourth-order valence-corrected chi connectivity index (χ4v) is 14.0. The number of hydrogen-bond donors (Lipinski definition) is 0. The lowest BCUT2D eigenvalue weighted by molar-refractivity contribution is 0.0779. The minimum atomic E-state index is 0.309. The normalized spacial score (nSPS) is 27.5. The van der Waals surface area contributed by atoms with Crippen LogP contribution < -0.4 is 0 Å². The monoisotopic (exact) mass is 836 g/mol. The van der Waals surface area contributed by atoms with Crippen molar-refractivity contribution >= 4 is 10.8 Å². The molecular formula is C60H60N4. The topological polar surface area (TPSA) is 62.5 Å². The average Bonchev–Trinajstić information content (AvgIpc) is 3.30. The van der Waals surface area contributed by atoms with E-state index in [-0.39, 0.29) is 0 Å². The zero-order valence-electron chi connectivity index (χ0n) is 38.0. The molecule has 4 bridgehead atoms. The van der Waals surface area contributed by atoms with Gasteiger partial charge in [0, 0.05) is 16.7 Å². The van der Waals surface area contributed by atoms with Gasteiger partial charge in [0.05, 0.1) is 11.6 Å². The van der Waals surface area contributed by atoms with E-state index in [4.69, 9.17) is 15.0 Å². The van der Waals surface area contributed by atoms with Gasteiger partial charge in [-0.05, 0) is 185 Å². The highest BCUT2D eigenvalue weighted by atomic mass is 15.0. The van der Waals surface area contributed by atoms with Crippen molar-refractivity contribution in [3.05, 3.63) is 150 Å². The Kier molecular flexibility index (Phi) is 10.4. The summed E-state index contributed by atoms with van der Waals surface area (Å²) in [5.41, 5.74) is 11.8. The van der Waals surface area contributed by atoms with Gasteiger partial charge in [-0.3, -0.25) is 0 Å². The van der Waals surface area contributed by atoms with Crippen molar-refractivity contribution in [2.24, 2.45) is 35.5 Å². The van der Waals surface area contributed by atoms with Gasteiger partial charge in [0.25, 0.3) is 0 Å². The van der Waals surface area contributed by atoms with E-state index >= 15 is 0 Å². The summed E-state index contributed by atoms with van der Waals surface area (Å²) >= 11 is 0. The molecule has 1 aromatic heterocycles. The van der Waals surface area contributed by atoms with Gasteiger partial charge in [-0.25, -0.2) is 15.0 Å². The number of aromatic nitrogens is 3. The standard InChI is InChI=1S/C60H60N4/c1-38-23-43-24-39(2)32-59(31-38,35-43)54-19-15-45(16-20-54)48-7-5-9-50(28-48)56-62-57(64-58(63-56)52-14-13-47-12-11-42(37-61)27-53(47)30-52)51-10-6-8-49(29-51)46-17-21-55(22-18-46)60-33-40(3)25-44(36-60)26-41(4)34-60/h5-22,27-30,38-41,43-44H,23-26,31-36H2,1-4H3/t38-,39+,40-,41+,43?,44?,59?,60?. The molecule has 4 saturated carbocycles. The Labute approximate surface area is 380 Å². The van der Waals surface area contributed by atoms with Gasteiger partial charge in [-0.2, -0.15) is 5.26 Å². The second-order valence-corrected chi connectivity index (χ2v) is 21.4. The van der Waals surface area contributed by atoms with Gasteiger partial charge in [0.2, 0.25) is 0 Å². The van der Waals surface area contributed by atoms with Crippen molar-refractivity contribution in [3.63, 3.8) is 0 Å². The number of hydrogen-bond acceptors (Lipinski definition) is 4. The maximum atomic E-state index is 9.69. The molecule has 11 rings (SSSR count). The van der Waals surface area contributed by atoms with Crippen LogP contribution >= 0.6 is 0 Å². The van der Waals surface area contributed by atoms with Crippen molar-refractivity contribution in [1.29, 1.82) is 5.26 Å². The number of nitrogens with zero attached hydrogens (tertiary/aromatic N) is 4. The van der Waals surface area contributed by atoms with Gasteiger partial charge in [-0.1, -0.05) is 131 Å². The van der Waals surface area contributed by atoms with Gasteiger partial charge < -0.3 is 0 Å². The summed E-state index contributed by atoms with van der Waals surface area (Å²) in [4.78, 5) is 15.6. The Bertz CT molecular complexity index is 2720. The van der Waals surface area contributed by atoms with E-state index in [0.717, 1.165) is 74.1 Å². The van der Waals surface area contributed by atoms with Crippen LogP contribution in [0.25, 0.3) is 67.2 Å². The molecular weight excluding hydrogens is 777 g/mol. The van der Waals surface area contributed by atoms with Crippen LogP contribution in [-0.2, 0) is 10.8 Å². The summed E-state index contributed by atoms with van der Waals surface area (Å²) in [6, 6.07) is 50.8. The molecule has 320 valence electrons. The number of benzene rings is 6. The van der Waals surface area contributed by atoms with Crippen molar-refractivity contribution in [2.45, 2.75) is 103 Å². The first kappa shape index (κ1) is 40.8. The molecule has 0 N–H and O–H groups in total. The van der Waals surface area contributed by atoms with Crippen LogP contribution in [0.2, 0.25) is 0 Å². The van der Waals surface area contributed by atoms with Crippen molar-refractivity contribution in [1.82, 2.24) is 15.0 Å². The molecule has 0 saturated heterocycles. The molecule has 4 aliphatic carbocycles. The van der Waals surface area contributed by atoms with E-state index < -0.39 is 0 Å². The summed E-state index contributed by atoms with van der Waals surface area (Å²) in [6.07, 6.45) is 13.4. The van der Waals surface area contributed by atoms with Crippen molar-refractivity contribution in [2.75, 3.05) is 0 Å². The maximum absolute atomic E-state index is 9.69. The fraction of sp³-hybridized carbons (Fsp3) is 0.367. The molecule has 4 aliphatic rings. The van der Waals surface area contributed by atoms with E-state index in [1.807, 2.05) is 18.2 Å². The third-order valence-corrected chi connectivity index (χ3v) is 16.0. The number of rotatable bonds is 7. The molecule has 7 aromatic rings. The van der Waals surface area contributed by atoms with E-state index in [2.05, 4.69) is 149 Å². The Hall–Kier alpha value is -5.92. The molecule has 8 atom stereocenters. The molecule has 64 heavy (non-hydrogen) atoms. The van der Waals surface area contributed by atoms with Crippen LogP contribution in [0.5, 0.6) is 0 Å². The van der Waals surface area contributed by atoms with Crippen LogP contribution in [0.3, 0.4) is 0 Å². The first-order valence-electron chi connectivity index (χ1n) is 24.2. The van der Waals surface area contributed by atoms with Crippen LogP contribution in [0, 0.1) is 46.8 Å². The zero-order chi connectivity index (χ0) is 43.6. The summed E-state index contributed by atoms with van der Waals surface area (Å²) in [5.74, 6) is 6.74. The summed E-state index contributed by atoms with van der Waals surface area (Å²) < 4.78 is 0. The highest BCUT2D eigenvalue weighted by Gasteiger charge is 2.46. The predicted molar refractivity (Wildman–Crippen MR) is 262 cm³/mol. The molecule has 6 aromatic carbocycles. The van der Waals surface area contributed by atoms with Crippen LogP contribution in [0.15, 0.2) is 133 Å². The third kappa shape index (κ3) is 7.76. The van der Waals surface area contributed by atoms with Gasteiger partial charge in [-0.15, -0.1) is 0 Å². The minimum Gasteiger partial charge on any atom is -0.208 e. The van der Waals surface area contributed by atoms with Crippen molar-refractivity contribution < 1.29 is 0 Å². The molecule has 0 aliphatic heterocycles. The minimum absolute atomic E-state index is 0.309.